The summed E-state index contributed by atoms with van der Waals surface area (Å²) in [4.78, 5) is 29.9. The number of aromatic hydroxyl groups is 1. The van der Waals surface area contributed by atoms with Crippen LogP contribution >= 0.6 is 15.9 Å². The molecule has 8 heteroatoms. The maximum atomic E-state index is 12.8. The predicted octanol–water partition coefficient (Wildman–Crippen LogP) is 4.59. The van der Waals surface area contributed by atoms with Gasteiger partial charge in [-0.15, -0.1) is 0 Å². The molecule has 7 nitrogen and oxygen atoms in total. The van der Waals surface area contributed by atoms with Crippen molar-refractivity contribution in [2.24, 2.45) is 0 Å². The van der Waals surface area contributed by atoms with E-state index >= 15 is 0 Å². The molecule has 156 valence electrons. The maximum Gasteiger partial charge on any atom is 0.340 e. The summed E-state index contributed by atoms with van der Waals surface area (Å²) in [5.74, 6) is -1.05. The first kappa shape index (κ1) is 22.7. The average Bonchev–Trinajstić information content (AvgIpc) is 2.65. The first-order valence-electron chi connectivity index (χ1n) is 9.27. The highest BCUT2D eigenvalue weighted by Crippen LogP contribution is 2.41. The highest BCUT2D eigenvalue weighted by Gasteiger charge is 2.28. The van der Waals surface area contributed by atoms with Crippen molar-refractivity contribution < 1.29 is 28.9 Å². The van der Waals surface area contributed by atoms with Crippen LogP contribution in [0, 0.1) is 13.8 Å². The third-order valence-corrected chi connectivity index (χ3v) is 4.74. The smallest absolute Gasteiger partial charge is 0.340 e. The normalized spacial score (nSPS) is 10.6. The standard InChI is InChI=1S/C21H24BrNO6/c1-6-27-15-10-13(9-14(22)19(15)24)18-16(20(25)28-7-2)11(4)23-12(5)17(18)21(26)29-8-3/h9-10,24H,6-8H2,1-5H3. The van der Waals surface area contributed by atoms with E-state index in [0.29, 0.717) is 33.6 Å². The fraction of sp³-hybridized carbons (Fsp3) is 0.381. The summed E-state index contributed by atoms with van der Waals surface area (Å²) in [7, 11) is 0. The zero-order chi connectivity index (χ0) is 21.7. The van der Waals surface area contributed by atoms with Crippen LogP contribution in [-0.4, -0.2) is 41.8 Å². The molecule has 0 unspecified atom stereocenters. The molecule has 0 saturated heterocycles. The molecule has 0 aliphatic carbocycles. The molecule has 1 heterocycles. The largest absolute Gasteiger partial charge is 0.503 e. The minimum Gasteiger partial charge on any atom is -0.503 e. The van der Waals surface area contributed by atoms with Crippen molar-refractivity contribution in [1.82, 2.24) is 4.98 Å². The maximum absolute atomic E-state index is 12.8. The number of phenols is 1. The summed E-state index contributed by atoms with van der Waals surface area (Å²) in [6.45, 7) is 9.21. The van der Waals surface area contributed by atoms with E-state index in [0.717, 1.165) is 0 Å². The molecule has 1 aromatic carbocycles. The number of hydrogen-bond donors (Lipinski definition) is 1. The number of ether oxygens (including phenoxy) is 3. The summed E-state index contributed by atoms with van der Waals surface area (Å²) < 4.78 is 16.3. The Kier molecular flexibility index (Phi) is 7.61. The van der Waals surface area contributed by atoms with Gasteiger partial charge in [0.2, 0.25) is 0 Å². The molecule has 29 heavy (non-hydrogen) atoms. The van der Waals surface area contributed by atoms with E-state index in [-0.39, 0.29) is 35.8 Å². The second-order valence-electron chi connectivity index (χ2n) is 6.09. The zero-order valence-electron chi connectivity index (χ0n) is 17.1. The van der Waals surface area contributed by atoms with Gasteiger partial charge in [-0.3, -0.25) is 4.98 Å². The SMILES string of the molecule is CCOC(=O)c1c(C)nc(C)c(C(=O)OCC)c1-c1cc(Br)c(O)c(OCC)c1. The lowest BCUT2D eigenvalue weighted by atomic mass is 9.92. The van der Waals surface area contributed by atoms with Gasteiger partial charge < -0.3 is 19.3 Å². The third kappa shape index (κ3) is 4.70. The van der Waals surface area contributed by atoms with Crippen LogP contribution < -0.4 is 4.74 Å². The minimum absolute atomic E-state index is 0.0755. The van der Waals surface area contributed by atoms with Gasteiger partial charge in [-0.25, -0.2) is 9.59 Å². The van der Waals surface area contributed by atoms with Crippen LogP contribution in [0.15, 0.2) is 16.6 Å². The molecule has 0 radical (unpaired) electrons. The Morgan fingerprint density at radius 1 is 0.966 bits per heavy atom. The Morgan fingerprint density at radius 3 is 1.93 bits per heavy atom. The second-order valence-corrected chi connectivity index (χ2v) is 6.94. The van der Waals surface area contributed by atoms with Crippen molar-refractivity contribution in [3.8, 4) is 22.6 Å². The molecule has 2 aromatic rings. The Bertz CT molecular complexity index is 899. The monoisotopic (exact) mass is 465 g/mol. The first-order chi connectivity index (χ1) is 13.8. The Balaban J connectivity index is 2.93. The van der Waals surface area contributed by atoms with E-state index < -0.39 is 11.9 Å². The highest BCUT2D eigenvalue weighted by atomic mass is 79.9. The zero-order valence-corrected chi connectivity index (χ0v) is 18.7. The molecule has 0 aliphatic rings. The van der Waals surface area contributed by atoms with Crippen LogP contribution in [0.4, 0.5) is 0 Å². The van der Waals surface area contributed by atoms with Crippen molar-refractivity contribution in [2.75, 3.05) is 19.8 Å². The van der Waals surface area contributed by atoms with Crippen LogP contribution in [0.5, 0.6) is 11.5 Å². The number of esters is 2. The van der Waals surface area contributed by atoms with Crippen molar-refractivity contribution >= 4 is 27.9 Å². The molecule has 0 bridgehead atoms. The summed E-state index contributed by atoms with van der Waals surface area (Å²) in [5, 5.41) is 10.3. The van der Waals surface area contributed by atoms with E-state index in [9.17, 15) is 14.7 Å². The summed E-state index contributed by atoms with van der Waals surface area (Å²) in [5.41, 5.74) is 1.99. The van der Waals surface area contributed by atoms with Gasteiger partial charge in [0.05, 0.1) is 46.8 Å². The van der Waals surface area contributed by atoms with Gasteiger partial charge in [0, 0.05) is 5.56 Å². The molecule has 0 amide bonds. The van der Waals surface area contributed by atoms with Crippen LogP contribution in [0.3, 0.4) is 0 Å². The topological polar surface area (TPSA) is 95.0 Å². The number of benzene rings is 1. The van der Waals surface area contributed by atoms with Crippen molar-refractivity contribution in [3.63, 3.8) is 0 Å². The number of carbonyl (C=O) groups excluding carboxylic acids is 2. The first-order valence-corrected chi connectivity index (χ1v) is 10.1. The number of aromatic nitrogens is 1. The van der Waals surface area contributed by atoms with Crippen LogP contribution in [-0.2, 0) is 9.47 Å². The van der Waals surface area contributed by atoms with E-state index in [2.05, 4.69) is 20.9 Å². The predicted molar refractivity (Wildman–Crippen MR) is 112 cm³/mol. The number of phenolic OH excluding ortho intramolecular Hbond substituents is 1. The summed E-state index contributed by atoms with van der Waals surface area (Å²) in [6.07, 6.45) is 0. The molecule has 2 rings (SSSR count). The second kappa shape index (κ2) is 9.73. The number of nitrogens with zero attached hydrogens (tertiary/aromatic N) is 1. The van der Waals surface area contributed by atoms with Crippen LogP contribution in [0.2, 0.25) is 0 Å². The van der Waals surface area contributed by atoms with E-state index in [4.69, 9.17) is 14.2 Å². The van der Waals surface area contributed by atoms with Gasteiger partial charge in [-0.1, -0.05) is 0 Å². The molecule has 0 fully saturated rings. The lowest BCUT2D eigenvalue weighted by molar-refractivity contribution is 0.0525. The Morgan fingerprint density at radius 2 is 1.48 bits per heavy atom. The number of pyridine rings is 1. The number of rotatable bonds is 7. The van der Waals surface area contributed by atoms with Crippen molar-refractivity contribution in [1.29, 1.82) is 0 Å². The Labute approximate surface area is 178 Å². The third-order valence-electron chi connectivity index (χ3n) is 4.14. The molecule has 1 N–H and O–H groups in total. The van der Waals surface area contributed by atoms with E-state index in [1.54, 1.807) is 46.8 Å². The fourth-order valence-corrected chi connectivity index (χ4v) is 3.47. The van der Waals surface area contributed by atoms with Gasteiger partial charge >= 0.3 is 11.9 Å². The van der Waals surface area contributed by atoms with Crippen LogP contribution in [0.25, 0.3) is 11.1 Å². The molecule has 1 aromatic heterocycles. The molecular formula is C21H24BrNO6. The lowest BCUT2D eigenvalue weighted by Crippen LogP contribution is -2.17. The summed E-state index contributed by atoms with van der Waals surface area (Å²) in [6, 6.07) is 3.18. The van der Waals surface area contributed by atoms with Gasteiger partial charge in [0.1, 0.15) is 0 Å². The van der Waals surface area contributed by atoms with E-state index in [1.165, 1.54) is 0 Å². The summed E-state index contributed by atoms with van der Waals surface area (Å²) >= 11 is 3.31. The van der Waals surface area contributed by atoms with Gasteiger partial charge in [0.15, 0.2) is 11.5 Å². The molecular weight excluding hydrogens is 442 g/mol. The van der Waals surface area contributed by atoms with Crippen LogP contribution in [0.1, 0.15) is 52.9 Å². The van der Waals surface area contributed by atoms with Gasteiger partial charge in [-0.05, 0) is 68.2 Å². The van der Waals surface area contributed by atoms with Crippen molar-refractivity contribution in [3.05, 3.63) is 39.1 Å². The molecule has 0 saturated carbocycles. The number of hydrogen-bond acceptors (Lipinski definition) is 7. The van der Waals surface area contributed by atoms with E-state index in [1.807, 2.05) is 0 Å². The molecule has 0 spiro atoms. The van der Waals surface area contributed by atoms with Gasteiger partial charge in [-0.2, -0.15) is 0 Å². The fourth-order valence-electron chi connectivity index (χ4n) is 3.03. The Hall–Kier alpha value is -2.61. The minimum atomic E-state index is -0.597. The number of halogens is 1. The molecule has 0 aliphatic heterocycles. The quantitative estimate of drug-likeness (QED) is 0.597. The van der Waals surface area contributed by atoms with Crippen molar-refractivity contribution in [2.45, 2.75) is 34.6 Å². The average molecular weight is 466 g/mol. The molecule has 0 atom stereocenters. The number of aryl methyl sites for hydroxylation is 2. The highest BCUT2D eigenvalue weighted by molar-refractivity contribution is 9.10. The number of carbonyl (C=O) groups is 2. The van der Waals surface area contributed by atoms with Gasteiger partial charge in [0.25, 0.3) is 0 Å². The lowest BCUT2D eigenvalue weighted by Gasteiger charge is -2.19.